The molecule has 3 aromatic carbocycles. The summed E-state index contributed by atoms with van der Waals surface area (Å²) in [7, 11) is -3.97. The molecule has 4 aromatic rings. The molecule has 2 amide bonds. The Balaban J connectivity index is 1.45. The number of sulfonamides is 1. The molecule has 1 aliphatic rings. The highest BCUT2D eigenvalue weighted by atomic mass is 32.2. The minimum Gasteiger partial charge on any atom is -0.361 e. The molecule has 8 nitrogen and oxygen atoms in total. The average molecular weight is 489 g/mol. The molecule has 0 spiro atoms. The number of carbonyl (C=O) groups is 2. The van der Waals surface area contributed by atoms with Crippen LogP contribution in [-0.4, -0.2) is 36.2 Å². The number of rotatable bonds is 6. The number of benzene rings is 3. The Bertz CT molecular complexity index is 1540. The molecule has 0 fully saturated rings. The Morgan fingerprint density at radius 2 is 1.66 bits per heavy atom. The first kappa shape index (κ1) is 22.8. The van der Waals surface area contributed by atoms with E-state index in [0.29, 0.717) is 5.56 Å². The van der Waals surface area contributed by atoms with Crippen LogP contribution in [-0.2, 0) is 14.8 Å². The van der Waals surface area contributed by atoms with Gasteiger partial charge in [0.05, 0.1) is 10.9 Å². The maximum absolute atomic E-state index is 13.4. The lowest BCUT2D eigenvalue weighted by Gasteiger charge is -2.30. The van der Waals surface area contributed by atoms with E-state index < -0.39 is 28.0 Å². The van der Waals surface area contributed by atoms with E-state index >= 15 is 0 Å². The lowest BCUT2D eigenvalue weighted by molar-refractivity contribution is -0.126. The molecular formula is C26H24N4O4S. The second kappa shape index (κ2) is 8.68. The standard InChI is InChI=1S/C26H24N4O4S/c1-16-11-13-18(14-12-16)35(33,34)29-28-25(31)17(2)30-24(20-8-3-4-9-21(20)26(30)32)22-15-27-23-10-6-5-7-19(22)23/h3-15,17,24,27,29H,1-2H3,(H,28,31). The number of H-pyrrole nitrogens is 1. The number of amides is 2. The molecule has 0 bridgehead atoms. The summed E-state index contributed by atoms with van der Waals surface area (Å²) in [5.41, 5.74) is 6.29. The Kier molecular flexibility index (Phi) is 5.66. The second-order valence-corrected chi connectivity index (χ2v) is 10.3. The van der Waals surface area contributed by atoms with Crippen molar-refractivity contribution in [1.29, 1.82) is 0 Å². The van der Waals surface area contributed by atoms with E-state index in [1.54, 1.807) is 31.2 Å². The van der Waals surface area contributed by atoms with E-state index in [-0.39, 0.29) is 10.8 Å². The number of hydrogen-bond donors (Lipinski definition) is 3. The maximum Gasteiger partial charge on any atom is 0.257 e. The third-order valence-electron chi connectivity index (χ3n) is 6.35. The molecule has 35 heavy (non-hydrogen) atoms. The molecule has 0 radical (unpaired) electrons. The van der Waals surface area contributed by atoms with Gasteiger partial charge in [-0.25, -0.2) is 8.42 Å². The van der Waals surface area contributed by atoms with Crippen molar-refractivity contribution in [1.82, 2.24) is 20.1 Å². The highest BCUT2D eigenvalue weighted by molar-refractivity contribution is 7.89. The number of aromatic amines is 1. The summed E-state index contributed by atoms with van der Waals surface area (Å²) in [5, 5.41) is 0.944. The van der Waals surface area contributed by atoms with Crippen LogP contribution in [0.15, 0.2) is 83.9 Å². The first-order valence-electron chi connectivity index (χ1n) is 11.1. The fourth-order valence-corrected chi connectivity index (χ4v) is 5.35. The number of hydrazine groups is 1. The number of hydrogen-bond acceptors (Lipinski definition) is 4. The zero-order chi connectivity index (χ0) is 24.7. The van der Waals surface area contributed by atoms with E-state index in [4.69, 9.17) is 0 Å². The molecular weight excluding hydrogens is 464 g/mol. The van der Waals surface area contributed by atoms with Gasteiger partial charge >= 0.3 is 0 Å². The number of fused-ring (bicyclic) bond motifs is 2. The third-order valence-corrected chi connectivity index (χ3v) is 7.61. The number of carbonyl (C=O) groups excluding carboxylic acids is 2. The Morgan fingerprint density at radius 3 is 2.43 bits per heavy atom. The lowest BCUT2D eigenvalue weighted by atomic mass is 9.97. The molecule has 0 saturated heterocycles. The zero-order valence-corrected chi connectivity index (χ0v) is 20.0. The molecule has 9 heteroatoms. The summed E-state index contributed by atoms with van der Waals surface area (Å²) in [6.07, 6.45) is 1.85. The van der Waals surface area contributed by atoms with Gasteiger partial charge in [-0.05, 0) is 43.7 Å². The molecule has 2 heterocycles. The van der Waals surface area contributed by atoms with Gasteiger partial charge < -0.3 is 9.88 Å². The SMILES string of the molecule is Cc1ccc(S(=O)(=O)NNC(=O)C(C)N2C(=O)c3ccccc3C2c2c[nH]c3ccccc23)cc1. The van der Waals surface area contributed by atoms with Crippen molar-refractivity contribution < 1.29 is 18.0 Å². The lowest BCUT2D eigenvalue weighted by Crippen LogP contribution is -2.52. The highest BCUT2D eigenvalue weighted by Crippen LogP contribution is 2.42. The van der Waals surface area contributed by atoms with Crippen molar-refractivity contribution in [3.63, 3.8) is 0 Å². The largest absolute Gasteiger partial charge is 0.361 e. The second-order valence-electron chi connectivity index (χ2n) is 8.58. The fourth-order valence-electron chi connectivity index (χ4n) is 4.50. The van der Waals surface area contributed by atoms with Crippen LogP contribution in [0.4, 0.5) is 0 Å². The van der Waals surface area contributed by atoms with Crippen LogP contribution < -0.4 is 10.3 Å². The molecule has 2 unspecified atom stereocenters. The molecule has 5 rings (SSSR count). The average Bonchev–Trinajstić information content (AvgIpc) is 3.41. The van der Waals surface area contributed by atoms with Crippen LogP contribution in [0.25, 0.3) is 10.9 Å². The van der Waals surface area contributed by atoms with Gasteiger partial charge in [-0.3, -0.25) is 15.0 Å². The predicted octanol–water partition coefficient (Wildman–Crippen LogP) is 3.42. The summed E-state index contributed by atoms with van der Waals surface area (Å²) in [4.78, 5) is 33.4. The summed E-state index contributed by atoms with van der Waals surface area (Å²) in [6, 6.07) is 19.8. The van der Waals surface area contributed by atoms with Crippen molar-refractivity contribution >= 4 is 32.7 Å². The van der Waals surface area contributed by atoms with Crippen LogP contribution in [0.5, 0.6) is 0 Å². The smallest absolute Gasteiger partial charge is 0.257 e. The number of nitrogens with zero attached hydrogens (tertiary/aromatic N) is 1. The van der Waals surface area contributed by atoms with Gasteiger partial charge in [0.15, 0.2) is 0 Å². The number of aromatic nitrogens is 1. The molecule has 178 valence electrons. The topological polar surface area (TPSA) is 111 Å². The van der Waals surface area contributed by atoms with Crippen LogP contribution in [0.2, 0.25) is 0 Å². The third kappa shape index (κ3) is 3.98. The van der Waals surface area contributed by atoms with Crippen molar-refractivity contribution in [3.05, 3.63) is 101 Å². The molecule has 1 aliphatic heterocycles. The Morgan fingerprint density at radius 1 is 0.971 bits per heavy atom. The Labute approximate surface area is 203 Å². The monoisotopic (exact) mass is 488 g/mol. The van der Waals surface area contributed by atoms with Gasteiger partial charge in [0.2, 0.25) is 0 Å². The van der Waals surface area contributed by atoms with E-state index in [2.05, 4.69) is 15.2 Å². The van der Waals surface area contributed by atoms with Gasteiger partial charge in [0.1, 0.15) is 6.04 Å². The van der Waals surface area contributed by atoms with Gasteiger partial charge in [-0.1, -0.05) is 54.1 Å². The minimum absolute atomic E-state index is 0.0253. The van der Waals surface area contributed by atoms with Gasteiger partial charge in [-0.2, -0.15) is 0 Å². The number of nitrogens with one attached hydrogen (secondary N) is 3. The summed E-state index contributed by atoms with van der Waals surface area (Å²) in [5.74, 6) is -0.938. The molecule has 0 saturated carbocycles. The molecule has 1 aromatic heterocycles. The van der Waals surface area contributed by atoms with Crippen LogP contribution in [0.1, 0.15) is 40.0 Å². The van der Waals surface area contributed by atoms with Crippen LogP contribution in [0, 0.1) is 6.92 Å². The van der Waals surface area contributed by atoms with E-state index in [1.165, 1.54) is 17.0 Å². The summed E-state index contributed by atoms with van der Waals surface area (Å²) >= 11 is 0. The predicted molar refractivity (Wildman–Crippen MR) is 132 cm³/mol. The minimum atomic E-state index is -3.97. The van der Waals surface area contributed by atoms with Crippen molar-refractivity contribution in [2.24, 2.45) is 0 Å². The molecule has 0 aliphatic carbocycles. The zero-order valence-electron chi connectivity index (χ0n) is 19.1. The van der Waals surface area contributed by atoms with Gasteiger partial charge in [0.25, 0.3) is 21.8 Å². The fraction of sp³-hybridized carbons (Fsp3) is 0.154. The molecule has 2 atom stereocenters. The normalized spacial score (nSPS) is 16.3. The first-order chi connectivity index (χ1) is 16.8. The van der Waals surface area contributed by atoms with Crippen molar-refractivity contribution in [2.75, 3.05) is 0 Å². The van der Waals surface area contributed by atoms with Crippen molar-refractivity contribution in [2.45, 2.75) is 30.8 Å². The van der Waals surface area contributed by atoms with Crippen molar-refractivity contribution in [3.8, 4) is 0 Å². The highest BCUT2D eigenvalue weighted by Gasteiger charge is 2.43. The maximum atomic E-state index is 13.4. The quantitative estimate of drug-likeness (QED) is 0.361. The molecule has 3 N–H and O–H groups in total. The van der Waals surface area contributed by atoms with E-state index in [0.717, 1.165) is 27.6 Å². The summed E-state index contributed by atoms with van der Waals surface area (Å²) < 4.78 is 25.2. The number of aryl methyl sites for hydroxylation is 1. The van der Waals surface area contributed by atoms with E-state index in [9.17, 15) is 18.0 Å². The summed E-state index contributed by atoms with van der Waals surface area (Å²) in [6.45, 7) is 3.43. The Hall–Kier alpha value is -3.95. The van der Waals surface area contributed by atoms with Crippen LogP contribution >= 0.6 is 0 Å². The van der Waals surface area contributed by atoms with Gasteiger partial charge in [0, 0.05) is 28.2 Å². The van der Waals surface area contributed by atoms with Gasteiger partial charge in [-0.15, -0.1) is 4.83 Å². The van der Waals surface area contributed by atoms with E-state index in [1.807, 2.05) is 49.5 Å². The van der Waals surface area contributed by atoms with Crippen LogP contribution in [0.3, 0.4) is 0 Å². The number of para-hydroxylation sites is 1. The first-order valence-corrected chi connectivity index (χ1v) is 12.6.